The Morgan fingerprint density at radius 1 is 1.22 bits per heavy atom. The van der Waals surface area contributed by atoms with Crippen molar-refractivity contribution < 1.29 is 9.84 Å². The monoisotopic (exact) mass is 249 g/mol. The summed E-state index contributed by atoms with van der Waals surface area (Å²) in [6.07, 6.45) is 2.82. The van der Waals surface area contributed by atoms with Crippen LogP contribution < -0.4 is 4.74 Å². The first-order chi connectivity index (χ1) is 8.68. The van der Waals surface area contributed by atoms with E-state index in [4.69, 9.17) is 4.74 Å². The van der Waals surface area contributed by atoms with Crippen molar-refractivity contribution in [1.29, 1.82) is 0 Å². The van der Waals surface area contributed by atoms with E-state index in [1.165, 1.54) is 6.42 Å². The van der Waals surface area contributed by atoms with Gasteiger partial charge in [-0.05, 0) is 43.5 Å². The maximum Gasteiger partial charge on any atom is 0.118 e. The van der Waals surface area contributed by atoms with Crippen LogP contribution in [0.4, 0.5) is 0 Å². The lowest BCUT2D eigenvalue weighted by Gasteiger charge is -2.38. The highest BCUT2D eigenvalue weighted by molar-refractivity contribution is 5.31. The van der Waals surface area contributed by atoms with Crippen LogP contribution in [-0.4, -0.2) is 36.8 Å². The highest BCUT2D eigenvalue weighted by Crippen LogP contribution is 2.33. The van der Waals surface area contributed by atoms with Crippen LogP contribution in [0.2, 0.25) is 0 Å². The fraction of sp³-hybridized carbons (Fsp3) is 0.600. The molecule has 0 atom stereocenters. The number of hydrogen-bond donors (Lipinski definition) is 1. The first-order valence-electron chi connectivity index (χ1n) is 6.77. The minimum absolute atomic E-state index is 0.656. The van der Waals surface area contributed by atoms with E-state index in [1.807, 2.05) is 24.3 Å². The van der Waals surface area contributed by atoms with Crippen LogP contribution in [-0.2, 0) is 5.60 Å². The van der Waals surface area contributed by atoms with Crippen LogP contribution in [0.5, 0.6) is 5.75 Å². The summed E-state index contributed by atoms with van der Waals surface area (Å²) >= 11 is 0. The Morgan fingerprint density at radius 2 is 1.83 bits per heavy atom. The first kappa shape index (κ1) is 13.4. The molecule has 0 saturated carbocycles. The van der Waals surface area contributed by atoms with Gasteiger partial charge >= 0.3 is 0 Å². The smallest absolute Gasteiger partial charge is 0.118 e. The van der Waals surface area contributed by atoms with Gasteiger partial charge in [0.15, 0.2) is 0 Å². The minimum atomic E-state index is -0.656. The summed E-state index contributed by atoms with van der Waals surface area (Å²) < 4.78 is 5.15. The number of aliphatic hydroxyl groups is 1. The third-order valence-corrected chi connectivity index (χ3v) is 3.85. The van der Waals surface area contributed by atoms with Crippen LogP contribution in [0.15, 0.2) is 24.3 Å². The second-order valence-corrected chi connectivity index (χ2v) is 5.10. The molecule has 1 fully saturated rings. The largest absolute Gasteiger partial charge is 0.497 e. The van der Waals surface area contributed by atoms with E-state index in [-0.39, 0.29) is 0 Å². The molecule has 0 amide bonds. The summed E-state index contributed by atoms with van der Waals surface area (Å²) in [6, 6.07) is 7.81. The zero-order chi connectivity index (χ0) is 13.0. The number of piperidine rings is 1. The quantitative estimate of drug-likeness (QED) is 0.889. The summed E-state index contributed by atoms with van der Waals surface area (Å²) in [4.78, 5) is 2.43. The molecule has 0 bridgehead atoms. The van der Waals surface area contributed by atoms with Gasteiger partial charge in [0.25, 0.3) is 0 Å². The molecule has 1 heterocycles. The molecule has 0 spiro atoms. The Labute approximate surface area is 109 Å². The number of hydrogen-bond acceptors (Lipinski definition) is 3. The Balaban J connectivity index is 2.03. The molecule has 1 aromatic carbocycles. The highest BCUT2D eigenvalue weighted by atomic mass is 16.5. The maximum absolute atomic E-state index is 10.7. The molecule has 0 unspecified atom stereocenters. The second kappa shape index (κ2) is 5.72. The number of likely N-dealkylation sites (tertiary alicyclic amines) is 1. The molecule has 0 aromatic heterocycles. The van der Waals surface area contributed by atoms with Gasteiger partial charge in [-0.1, -0.05) is 19.1 Å². The average Bonchev–Trinajstić information content (AvgIpc) is 2.42. The van der Waals surface area contributed by atoms with Crippen LogP contribution in [0, 0.1) is 0 Å². The second-order valence-electron chi connectivity index (χ2n) is 5.10. The molecule has 1 aromatic rings. The molecule has 100 valence electrons. The van der Waals surface area contributed by atoms with Gasteiger partial charge < -0.3 is 14.7 Å². The van der Waals surface area contributed by atoms with Gasteiger partial charge in [0.05, 0.1) is 12.7 Å². The van der Waals surface area contributed by atoms with Crippen molar-refractivity contribution in [3.8, 4) is 5.75 Å². The van der Waals surface area contributed by atoms with E-state index >= 15 is 0 Å². The van der Waals surface area contributed by atoms with Crippen molar-refractivity contribution in [2.45, 2.75) is 31.8 Å². The predicted octanol–water partition coefficient (Wildman–Crippen LogP) is 2.39. The Kier molecular flexibility index (Phi) is 4.25. The molecule has 1 aliphatic rings. The summed E-state index contributed by atoms with van der Waals surface area (Å²) in [7, 11) is 1.66. The SMILES string of the molecule is CCCN1CCC(O)(c2ccc(OC)cc2)CC1. The number of methoxy groups -OCH3 is 1. The lowest BCUT2D eigenvalue weighted by atomic mass is 9.84. The normalized spacial score (nSPS) is 19.7. The van der Waals surface area contributed by atoms with Crippen molar-refractivity contribution in [3.63, 3.8) is 0 Å². The van der Waals surface area contributed by atoms with E-state index in [9.17, 15) is 5.11 Å². The molecular formula is C15H23NO2. The number of benzene rings is 1. The zero-order valence-corrected chi connectivity index (χ0v) is 11.4. The van der Waals surface area contributed by atoms with E-state index in [2.05, 4.69) is 11.8 Å². The summed E-state index contributed by atoms with van der Waals surface area (Å²) in [5.74, 6) is 0.839. The Bertz CT molecular complexity index is 367. The van der Waals surface area contributed by atoms with Crippen LogP contribution in [0.1, 0.15) is 31.7 Å². The molecule has 0 aliphatic carbocycles. The van der Waals surface area contributed by atoms with E-state index < -0.39 is 5.60 Å². The standard InChI is InChI=1S/C15H23NO2/c1-3-10-16-11-8-15(17,9-12-16)13-4-6-14(18-2)7-5-13/h4-7,17H,3,8-12H2,1-2H3. The van der Waals surface area contributed by atoms with Crippen molar-refractivity contribution in [1.82, 2.24) is 4.90 Å². The summed E-state index contributed by atoms with van der Waals surface area (Å²) in [6.45, 7) is 5.30. The third kappa shape index (κ3) is 2.85. The lowest BCUT2D eigenvalue weighted by molar-refractivity contribution is -0.0258. The van der Waals surface area contributed by atoms with Crippen molar-refractivity contribution >= 4 is 0 Å². The third-order valence-electron chi connectivity index (χ3n) is 3.85. The van der Waals surface area contributed by atoms with Gasteiger partial charge in [-0.25, -0.2) is 0 Å². The minimum Gasteiger partial charge on any atom is -0.497 e. The van der Waals surface area contributed by atoms with E-state index in [1.54, 1.807) is 7.11 Å². The molecular weight excluding hydrogens is 226 g/mol. The van der Waals surface area contributed by atoms with E-state index in [0.717, 1.165) is 43.8 Å². The van der Waals surface area contributed by atoms with Gasteiger partial charge in [0.2, 0.25) is 0 Å². The number of ether oxygens (including phenoxy) is 1. The van der Waals surface area contributed by atoms with Gasteiger partial charge in [-0.2, -0.15) is 0 Å². The summed E-state index contributed by atoms with van der Waals surface area (Å²) in [5, 5.41) is 10.7. The highest BCUT2D eigenvalue weighted by Gasteiger charge is 2.33. The van der Waals surface area contributed by atoms with Crippen LogP contribution in [0.3, 0.4) is 0 Å². The fourth-order valence-corrected chi connectivity index (χ4v) is 2.65. The Morgan fingerprint density at radius 3 is 2.33 bits per heavy atom. The molecule has 0 radical (unpaired) electrons. The first-order valence-corrected chi connectivity index (χ1v) is 6.77. The topological polar surface area (TPSA) is 32.7 Å². The molecule has 3 nitrogen and oxygen atoms in total. The summed E-state index contributed by atoms with van der Waals surface area (Å²) in [5.41, 5.74) is 0.357. The van der Waals surface area contributed by atoms with Crippen molar-refractivity contribution in [3.05, 3.63) is 29.8 Å². The Hall–Kier alpha value is -1.06. The van der Waals surface area contributed by atoms with Gasteiger partial charge in [0, 0.05) is 13.1 Å². The van der Waals surface area contributed by atoms with Crippen LogP contribution >= 0.6 is 0 Å². The zero-order valence-electron chi connectivity index (χ0n) is 11.4. The molecule has 18 heavy (non-hydrogen) atoms. The fourth-order valence-electron chi connectivity index (χ4n) is 2.65. The average molecular weight is 249 g/mol. The van der Waals surface area contributed by atoms with Crippen LogP contribution in [0.25, 0.3) is 0 Å². The molecule has 1 aliphatic heterocycles. The molecule has 1 saturated heterocycles. The number of rotatable bonds is 4. The molecule has 2 rings (SSSR count). The maximum atomic E-state index is 10.7. The number of nitrogens with zero attached hydrogens (tertiary/aromatic N) is 1. The molecule has 1 N–H and O–H groups in total. The van der Waals surface area contributed by atoms with Gasteiger partial charge in [-0.15, -0.1) is 0 Å². The van der Waals surface area contributed by atoms with Crippen molar-refractivity contribution in [2.24, 2.45) is 0 Å². The predicted molar refractivity (Wildman–Crippen MR) is 72.9 cm³/mol. The van der Waals surface area contributed by atoms with Gasteiger partial charge in [-0.3, -0.25) is 0 Å². The molecule has 3 heteroatoms. The van der Waals surface area contributed by atoms with Crippen molar-refractivity contribution in [2.75, 3.05) is 26.7 Å². The van der Waals surface area contributed by atoms with E-state index in [0.29, 0.717) is 0 Å². The van der Waals surface area contributed by atoms with Gasteiger partial charge in [0.1, 0.15) is 5.75 Å². The lowest BCUT2D eigenvalue weighted by Crippen LogP contribution is -2.42.